The molecule has 1 saturated heterocycles. The first-order chi connectivity index (χ1) is 14.3. The Hall–Kier alpha value is -2.48. The molecular formula is C22H19ClN2O3S2. The van der Waals surface area contributed by atoms with Crippen molar-refractivity contribution in [3.05, 3.63) is 88.9 Å². The number of amides is 1. The van der Waals surface area contributed by atoms with Gasteiger partial charge in [-0.3, -0.25) is 14.4 Å². The van der Waals surface area contributed by atoms with Gasteiger partial charge in [0.25, 0.3) is 10.0 Å². The van der Waals surface area contributed by atoms with Gasteiger partial charge in [-0.1, -0.05) is 41.4 Å². The third kappa shape index (κ3) is 4.33. The smallest absolute Gasteiger partial charge is 0.261 e. The van der Waals surface area contributed by atoms with Crippen LogP contribution in [0.2, 0.25) is 5.02 Å². The van der Waals surface area contributed by atoms with Crippen LogP contribution in [0.15, 0.2) is 77.7 Å². The molecule has 1 N–H and O–H groups in total. The first-order valence-corrected chi connectivity index (χ1v) is 12.1. The number of benzene rings is 3. The number of carbonyl (C=O) groups is 1. The molecule has 0 aliphatic carbocycles. The van der Waals surface area contributed by atoms with E-state index < -0.39 is 10.0 Å². The number of hydrogen-bond donors (Lipinski definition) is 1. The Labute approximate surface area is 185 Å². The van der Waals surface area contributed by atoms with Crippen LogP contribution >= 0.6 is 23.4 Å². The van der Waals surface area contributed by atoms with Crippen molar-refractivity contribution in [1.82, 2.24) is 0 Å². The van der Waals surface area contributed by atoms with Crippen molar-refractivity contribution >= 4 is 50.7 Å². The molecule has 1 fully saturated rings. The van der Waals surface area contributed by atoms with Crippen molar-refractivity contribution in [2.45, 2.75) is 17.2 Å². The Kier molecular flexibility index (Phi) is 5.77. The van der Waals surface area contributed by atoms with Crippen molar-refractivity contribution in [1.29, 1.82) is 0 Å². The van der Waals surface area contributed by atoms with E-state index in [-0.39, 0.29) is 16.2 Å². The standard InChI is InChI=1S/C22H19ClN2O3S2/c1-15-5-9-19(10-6-15)25-21(26)14-29-22(25)16-3-2-4-18(13-16)24-30(27,28)20-11-7-17(23)8-12-20/h2-13,22,24H,14H2,1H3. The zero-order chi connectivity index (χ0) is 21.3. The van der Waals surface area contributed by atoms with E-state index in [0.29, 0.717) is 16.5 Å². The van der Waals surface area contributed by atoms with Crippen molar-refractivity contribution < 1.29 is 13.2 Å². The van der Waals surface area contributed by atoms with Crippen LogP contribution in [-0.2, 0) is 14.8 Å². The minimum atomic E-state index is -3.75. The van der Waals surface area contributed by atoms with Crippen molar-refractivity contribution in [3.63, 3.8) is 0 Å². The second-order valence-electron chi connectivity index (χ2n) is 6.95. The fourth-order valence-electron chi connectivity index (χ4n) is 3.24. The Morgan fingerprint density at radius 3 is 2.43 bits per heavy atom. The summed E-state index contributed by atoms with van der Waals surface area (Å²) in [6, 6.07) is 20.9. The number of hydrogen-bond acceptors (Lipinski definition) is 4. The van der Waals surface area contributed by atoms with Gasteiger partial charge in [0.05, 0.1) is 10.6 Å². The number of rotatable bonds is 5. The fourth-order valence-corrected chi connectivity index (χ4v) is 5.58. The quantitative estimate of drug-likeness (QED) is 0.568. The minimum absolute atomic E-state index is 0.0287. The molecule has 0 saturated carbocycles. The highest BCUT2D eigenvalue weighted by Crippen LogP contribution is 2.42. The number of carbonyl (C=O) groups excluding carboxylic acids is 1. The maximum atomic E-state index is 12.7. The van der Waals surface area contributed by atoms with Gasteiger partial charge in [-0.2, -0.15) is 0 Å². The number of sulfonamides is 1. The summed E-state index contributed by atoms with van der Waals surface area (Å²) in [6.07, 6.45) is 0. The molecule has 8 heteroatoms. The first kappa shape index (κ1) is 20.8. The van der Waals surface area contributed by atoms with Crippen molar-refractivity contribution in [2.24, 2.45) is 0 Å². The average molecular weight is 459 g/mol. The van der Waals surface area contributed by atoms with E-state index in [0.717, 1.165) is 16.8 Å². The summed E-state index contributed by atoms with van der Waals surface area (Å²) < 4.78 is 28.0. The first-order valence-electron chi connectivity index (χ1n) is 9.22. The topological polar surface area (TPSA) is 66.5 Å². The molecule has 1 aliphatic heterocycles. The van der Waals surface area contributed by atoms with Gasteiger partial charge in [0.1, 0.15) is 5.37 Å². The van der Waals surface area contributed by atoms with E-state index in [4.69, 9.17) is 11.6 Å². The fraction of sp³-hybridized carbons (Fsp3) is 0.136. The van der Waals surface area contributed by atoms with Crippen LogP contribution in [-0.4, -0.2) is 20.1 Å². The van der Waals surface area contributed by atoms with E-state index in [1.54, 1.807) is 23.1 Å². The number of aryl methyl sites for hydroxylation is 1. The van der Waals surface area contributed by atoms with Crippen LogP contribution in [0.4, 0.5) is 11.4 Å². The van der Waals surface area contributed by atoms with Gasteiger partial charge in [0.2, 0.25) is 5.91 Å². The molecule has 0 bridgehead atoms. The number of thioether (sulfide) groups is 1. The lowest BCUT2D eigenvalue weighted by Gasteiger charge is -2.25. The van der Waals surface area contributed by atoms with Gasteiger partial charge < -0.3 is 0 Å². The molecule has 0 aromatic heterocycles. The predicted molar refractivity (Wildman–Crippen MR) is 123 cm³/mol. The molecule has 1 unspecified atom stereocenters. The van der Waals surface area contributed by atoms with E-state index in [1.165, 1.54) is 36.0 Å². The van der Waals surface area contributed by atoms with E-state index in [1.807, 2.05) is 37.3 Å². The molecule has 4 rings (SSSR count). The van der Waals surface area contributed by atoms with Crippen LogP contribution in [0.25, 0.3) is 0 Å². The number of nitrogens with one attached hydrogen (secondary N) is 1. The molecule has 1 aliphatic rings. The molecule has 0 spiro atoms. The van der Waals surface area contributed by atoms with Crippen molar-refractivity contribution in [2.75, 3.05) is 15.4 Å². The molecule has 1 heterocycles. The molecule has 30 heavy (non-hydrogen) atoms. The van der Waals surface area contributed by atoms with Crippen LogP contribution in [0.5, 0.6) is 0 Å². The van der Waals surface area contributed by atoms with Gasteiger partial charge in [-0.05, 0) is 61.0 Å². The highest BCUT2D eigenvalue weighted by Gasteiger charge is 2.34. The Morgan fingerprint density at radius 2 is 1.73 bits per heavy atom. The summed E-state index contributed by atoms with van der Waals surface area (Å²) in [5.74, 6) is 0.403. The van der Waals surface area contributed by atoms with Crippen LogP contribution < -0.4 is 9.62 Å². The SMILES string of the molecule is Cc1ccc(N2C(=O)CSC2c2cccc(NS(=O)(=O)c3ccc(Cl)cc3)c2)cc1. The highest BCUT2D eigenvalue weighted by molar-refractivity contribution is 8.00. The maximum Gasteiger partial charge on any atom is 0.261 e. The molecule has 1 atom stereocenters. The number of halogens is 1. The van der Waals surface area contributed by atoms with Gasteiger partial charge >= 0.3 is 0 Å². The number of nitrogens with zero attached hydrogens (tertiary/aromatic N) is 1. The third-order valence-electron chi connectivity index (χ3n) is 4.73. The van der Waals surface area contributed by atoms with Crippen LogP contribution in [0, 0.1) is 6.92 Å². The van der Waals surface area contributed by atoms with Crippen molar-refractivity contribution in [3.8, 4) is 0 Å². The van der Waals surface area contributed by atoms with Crippen LogP contribution in [0.3, 0.4) is 0 Å². The zero-order valence-corrected chi connectivity index (χ0v) is 18.5. The Balaban J connectivity index is 1.62. The summed E-state index contributed by atoms with van der Waals surface area (Å²) in [4.78, 5) is 14.4. The summed E-state index contributed by atoms with van der Waals surface area (Å²) in [7, 11) is -3.75. The lowest BCUT2D eigenvalue weighted by molar-refractivity contribution is -0.115. The molecule has 5 nitrogen and oxygen atoms in total. The molecule has 154 valence electrons. The molecule has 3 aromatic rings. The van der Waals surface area contributed by atoms with E-state index >= 15 is 0 Å². The average Bonchev–Trinajstić information content (AvgIpc) is 3.10. The van der Waals surface area contributed by atoms with Gasteiger partial charge in [-0.25, -0.2) is 8.42 Å². The highest BCUT2D eigenvalue weighted by atomic mass is 35.5. The molecule has 3 aromatic carbocycles. The lowest BCUT2D eigenvalue weighted by Crippen LogP contribution is -2.27. The van der Waals surface area contributed by atoms with Gasteiger partial charge in [0.15, 0.2) is 0 Å². The van der Waals surface area contributed by atoms with E-state index in [9.17, 15) is 13.2 Å². The molecular weight excluding hydrogens is 440 g/mol. The summed E-state index contributed by atoms with van der Waals surface area (Å²) in [5, 5.41) is 0.246. The Morgan fingerprint density at radius 1 is 1.03 bits per heavy atom. The largest absolute Gasteiger partial charge is 0.295 e. The summed E-state index contributed by atoms with van der Waals surface area (Å²) in [5.41, 5.74) is 3.23. The summed E-state index contributed by atoms with van der Waals surface area (Å²) >= 11 is 7.37. The van der Waals surface area contributed by atoms with Crippen LogP contribution in [0.1, 0.15) is 16.5 Å². The predicted octanol–water partition coefficient (Wildman–Crippen LogP) is 5.23. The monoisotopic (exact) mass is 458 g/mol. The number of anilines is 2. The second kappa shape index (κ2) is 8.34. The normalized spacial score (nSPS) is 16.7. The van der Waals surface area contributed by atoms with Gasteiger partial charge in [0, 0.05) is 16.4 Å². The lowest BCUT2D eigenvalue weighted by atomic mass is 10.1. The second-order valence-corrected chi connectivity index (χ2v) is 10.1. The zero-order valence-electron chi connectivity index (χ0n) is 16.1. The molecule has 0 radical (unpaired) electrons. The third-order valence-corrected chi connectivity index (χ3v) is 7.59. The summed E-state index contributed by atoms with van der Waals surface area (Å²) in [6.45, 7) is 2.00. The van der Waals surface area contributed by atoms with E-state index in [2.05, 4.69) is 4.72 Å². The minimum Gasteiger partial charge on any atom is -0.295 e. The Bertz CT molecular complexity index is 1180. The maximum absolute atomic E-state index is 12.7. The van der Waals surface area contributed by atoms with Gasteiger partial charge in [-0.15, -0.1) is 11.8 Å². The molecule has 1 amide bonds.